The van der Waals surface area contributed by atoms with E-state index in [4.69, 9.17) is 0 Å². The first kappa shape index (κ1) is 13.8. The van der Waals surface area contributed by atoms with Gasteiger partial charge in [-0.3, -0.25) is 10.1 Å². The molecule has 5 nitrogen and oxygen atoms in total. The van der Waals surface area contributed by atoms with Crippen molar-refractivity contribution in [1.29, 1.82) is 0 Å². The van der Waals surface area contributed by atoms with Gasteiger partial charge in [0.15, 0.2) is 0 Å². The van der Waals surface area contributed by atoms with E-state index in [1.165, 1.54) is 6.42 Å². The molecule has 1 atom stereocenters. The number of nitro benzene ring substituents is 1. The molecule has 2 rings (SSSR count). The molecule has 0 bridgehead atoms. The molecule has 5 heteroatoms. The average Bonchev–Trinajstić information content (AvgIpc) is 2.39. The monoisotopic (exact) mass is 263 g/mol. The smallest absolute Gasteiger partial charge is 0.292 e. The second-order valence-electron chi connectivity index (χ2n) is 5.26. The lowest BCUT2D eigenvalue weighted by molar-refractivity contribution is -0.384. The minimum atomic E-state index is -0.274. The van der Waals surface area contributed by atoms with E-state index in [9.17, 15) is 10.1 Å². The van der Waals surface area contributed by atoms with Crippen LogP contribution in [-0.4, -0.2) is 31.6 Å². The van der Waals surface area contributed by atoms with Gasteiger partial charge in [0.2, 0.25) is 0 Å². The van der Waals surface area contributed by atoms with Gasteiger partial charge in [0.05, 0.1) is 4.92 Å². The number of nitrogens with one attached hydrogen (secondary N) is 1. The molecule has 1 aromatic rings. The zero-order chi connectivity index (χ0) is 13.8. The summed E-state index contributed by atoms with van der Waals surface area (Å²) in [5, 5.41) is 14.4. The average molecular weight is 263 g/mol. The predicted molar refractivity (Wildman–Crippen MR) is 76.7 cm³/mol. The molecule has 0 spiro atoms. The summed E-state index contributed by atoms with van der Waals surface area (Å²) in [6, 6.07) is 5.50. The van der Waals surface area contributed by atoms with Gasteiger partial charge in [-0.1, -0.05) is 6.07 Å². The van der Waals surface area contributed by atoms with E-state index in [-0.39, 0.29) is 10.6 Å². The summed E-state index contributed by atoms with van der Waals surface area (Å²) in [5.41, 5.74) is 1.92. The molecule has 1 unspecified atom stereocenters. The lowest BCUT2D eigenvalue weighted by Crippen LogP contribution is -2.39. The standard InChI is InChI=1S/C14H21N3O2/c1-11-5-6-13(14(8-11)17(18)19)16-7-3-4-12(10-16)9-15-2/h5-6,8,12,15H,3-4,7,9-10H2,1-2H3. The molecule has 1 heterocycles. The van der Waals surface area contributed by atoms with Crippen LogP contribution in [0.25, 0.3) is 0 Å². The highest BCUT2D eigenvalue weighted by atomic mass is 16.6. The Balaban J connectivity index is 2.23. The number of hydrogen-bond acceptors (Lipinski definition) is 4. The van der Waals surface area contributed by atoms with Crippen LogP contribution >= 0.6 is 0 Å². The predicted octanol–water partition coefficient (Wildman–Crippen LogP) is 2.34. The Kier molecular flexibility index (Phi) is 4.37. The number of aryl methyl sites for hydroxylation is 1. The number of piperidine rings is 1. The molecule has 0 aliphatic carbocycles. The SMILES string of the molecule is CNCC1CCCN(c2ccc(C)cc2[N+](=O)[O-])C1. The fourth-order valence-electron chi connectivity index (χ4n) is 2.79. The van der Waals surface area contributed by atoms with Crippen molar-refractivity contribution < 1.29 is 4.92 Å². The highest BCUT2D eigenvalue weighted by Gasteiger charge is 2.25. The van der Waals surface area contributed by atoms with Crippen LogP contribution < -0.4 is 10.2 Å². The Labute approximate surface area is 113 Å². The van der Waals surface area contributed by atoms with Crippen LogP contribution in [0.4, 0.5) is 11.4 Å². The second kappa shape index (κ2) is 6.02. The minimum absolute atomic E-state index is 0.227. The Morgan fingerprint density at radius 1 is 1.53 bits per heavy atom. The first-order valence-electron chi connectivity index (χ1n) is 6.76. The van der Waals surface area contributed by atoms with E-state index in [0.717, 1.165) is 37.3 Å². The molecule has 0 radical (unpaired) electrons. The number of nitro groups is 1. The van der Waals surface area contributed by atoms with Crippen molar-refractivity contribution in [3.63, 3.8) is 0 Å². The van der Waals surface area contributed by atoms with Gasteiger partial charge in [-0.15, -0.1) is 0 Å². The van der Waals surface area contributed by atoms with Gasteiger partial charge in [0.1, 0.15) is 5.69 Å². The van der Waals surface area contributed by atoms with Gasteiger partial charge < -0.3 is 10.2 Å². The first-order chi connectivity index (χ1) is 9.11. The summed E-state index contributed by atoms with van der Waals surface area (Å²) in [5.74, 6) is 0.569. The van der Waals surface area contributed by atoms with E-state index in [0.29, 0.717) is 5.92 Å². The maximum Gasteiger partial charge on any atom is 0.292 e. The van der Waals surface area contributed by atoms with Crippen molar-refractivity contribution in [3.05, 3.63) is 33.9 Å². The van der Waals surface area contributed by atoms with E-state index in [1.807, 2.05) is 26.1 Å². The zero-order valence-electron chi connectivity index (χ0n) is 11.6. The second-order valence-corrected chi connectivity index (χ2v) is 5.26. The van der Waals surface area contributed by atoms with Crippen molar-refractivity contribution in [2.24, 2.45) is 5.92 Å². The molecule has 0 amide bonds. The molecule has 0 aromatic heterocycles. The normalized spacial score (nSPS) is 19.5. The Hall–Kier alpha value is -1.62. The quantitative estimate of drug-likeness (QED) is 0.669. The van der Waals surface area contributed by atoms with Crippen LogP contribution in [0.5, 0.6) is 0 Å². The largest absolute Gasteiger partial charge is 0.366 e. The Morgan fingerprint density at radius 3 is 3.00 bits per heavy atom. The molecular weight excluding hydrogens is 242 g/mol. The van der Waals surface area contributed by atoms with Crippen LogP contribution in [-0.2, 0) is 0 Å². The molecular formula is C14H21N3O2. The number of anilines is 1. The van der Waals surface area contributed by atoms with Gasteiger partial charge in [-0.2, -0.15) is 0 Å². The van der Waals surface area contributed by atoms with Crippen molar-refractivity contribution in [2.75, 3.05) is 31.6 Å². The molecule has 104 valence electrons. The topological polar surface area (TPSA) is 58.4 Å². The van der Waals surface area contributed by atoms with E-state index >= 15 is 0 Å². The summed E-state index contributed by atoms with van der Waals surface area (Å²) in [6.07, 6.45) is 2.29. The van der Waals surface area contributed by atoms with Gasteiger partial charge >= 0.3 is 0 Å². The molecule has 1 N–H and O–H groups in total. The minimum Gasteiger partial charge on any atom is -0.366 e. The summed E-state index contributed by atoms with van der Waals surface area (Å²) >= 11 is 0. The maximum atomic E-state index is 11.2. The van der Waals surface area contributed by atoms with E-state index in [1.54, 1.807) is 6.07 Å². The first-order valence-corrected chi connectivity index (χ1v) is 6.76. The van der Waals surface area contributed by atoms with Crippen LogP contribution in [0.3, 0.4) is 0 Å². The summed E-state index contributed by atoms with van der Waals surface area (Å²) in [6.45, 7) is 4.65. The molecule has 1 aromatic carbocycles. The van der Waals surface area contributed by atoms with Crippen molar-refractivity contribution >= 4 is 11.4 Å². The van der Waals surface area contributed by atoms with Gasteiger partial charge in [0, 0.05) is 19.2 Å². The third-order valence-corrected chi connectivity index (χ3v) is 3.68. The third-order valence-electron chi connectivity index (χ3n) is 3.68. The summed E-state index contributed by atoms with van der Waals surface area (Å²) < 4.78 is 0. The third kappa shape index (κ3) is 3.23. The summed E-state index contributed by atoms with van der Waals surface area (Å²) in [7, 11) is 1.95. The number of benzene rings is 1. The van der Waals surface area contributed by atoms with Crippen molar-refractivity contribution in [2.45, 2.75) is 19.8 Å². The van der Waals surface area contributed by atoms with Crippen LogP contribution in [0.2, 0.25) is 0 Å². The number of hydrogen-bond donors (Lipinski definition) is 1. The highest BCUT2D eigenvalue weighted by Crippen LogP contribution is 2.32. The number of nitrogens with zero attached hydrogens (tertiary/aromatic N) is 2. The fraction of sp³-hybridized carbons (Fsp3) is 0.571. The van der Waals surface area contributed by atoms with Crippen LogP contribution in [0, 0.1) is 23.0 Å². The molecule has 1 aliphatic rings. The Morgan fingerprint density at radius 2 is 2.32 bits per heavy atom. The van der Waals surface area contributed by atoms with E-state index < -0.39 is 0 Å². The zero-order valence-corrected chi connectivity index (χ0v) is 11.6. The van der Waals surface area contributed by atoms with E-state index in [2.05, 4.69) is 10.2 Å². The molecule has 1 saturated heterocycles. The molecule has 0 saturated carbocycles. The lowest BCUT2D eigenvalue weighted by atomic mass is 9.97. The highest BCUT2D eigenvalue weighted by molar-refractivity contribution is 5.64. The Bertz CT molecular complexity index is 460. The molecule has 1 aliphatic heterocycles. The van der Waals surface area contributed by atoms with Crippen molar-refractivity contribution in [1.82, 2.24) is 5.32 Å². The van der Waals surface area contributed by atoms with Gasteiger partial charge in [-0.05, 0) is 50.9 Å². The maximum absolute atomic E-state index is 11.2. The van der Waals surface area contributed by atoms with Crippen LogP contribution in [0.15, 0.2) is 18.2 Å². The van der Waals surface area contributed by atoms with Crippen molar-refractivity contribution in [3.8, 4) is 0 Å². The van der Waals surface area contributed by atoms with Gasteiger partial charge in [0.25, 0.3) is 5.69 Å². The molecule has 19 heavy (non-hydrogen) atoms. The molecule has 1 fully saturated rings. The lowest BCUT2D eigenvalue weighted by Gasteiger charge is -2.34. The fourth-order valence-corrected chi connectivity index (χ4v) is 2.79. The van der Waals surface area contributed by atoms with Gasteiger partial charge in [-0.25, -0.2) is 0 Å². The number of rotatable bonds is 4. The van der Waals surface area contributed by atoms with Crippen LogP contribution in [0.1, 0.15) is 18.4 Å². The summed E-state index contributed by atoms with van der Waals surface area (Å²) in [4.78, 5) is 13.1.